The predicted octanol–water partition coefficient (Wildman–Crippen LogP) is 2.12. The number of amides is 1. The van der Waals surface area contributed by atoms with E-state index in [-0.39, 0.29) is 6.09 Å². The molecule has 18 heavy (non-hydrogen) atoms. The molecule has 0 aromatic heterocycles. The number of piperazine rings is 1. The fourth-order valence-electron chi connectivity index (χ4n) is 2.72. The normalized spacial score (nSPS) is 25.2. The monoisotopic (exact) mass is 252 g/mol. The topological polar surface area (TPSA) is 32.8 Å². The van der Waals surface area contributed by atoms with E-state index in [1.54, 1.807) is 0 Å². The highest BCUT2D eigenvalue weighted by molar-refractivity contribution is 5.67. The molecule has 102 valence electrons. The molecule has 0 aromatic rings. The number of nitrogens with zero attached hydrogens (tertiary/aromatic N) is 2. The fraction of sp³-hybridized carbons (Fsp3) is 0.786. The third kappa shape index (κ3) is 3.73. The van der Waals surface area contributed by atoms with Gasteiger partial charge in [0, 0.05) is 32.7 Å². The van der Waals surface area contributed by atoms with Crippen LogP contribution in [0.2, 0.25) is 0 Å². The van der Waals surface area contributed by atoms with Crippen molar-refractivity contribution in [2.24, 2.45) is 5.92 Å². The first kappa shape index (κ1) is 13.4. The summed E-state index contributed by atoms with van der Waals surface area (Å²) in [5.74, 6) is 0.809. The van der Waals surface area contributed by atoms with Crippen molar-refractivity contribution in [3.8, 4) is 0 Å². The maximum absolute atomic E-state index is 11.6. The average molecular weight is 252 g/mol. The van der Waals surface area contributed by atoms with E-state index >= 15 is 0 Å². The van der Waals surface area contributed by atoms with E-state index in [9.17, 15) is 4.79 Å². The lowest BCUT2D eigenvalue weighted by molar-refractivity contribution is 0.0747. The van der Waals surface area contributed by atoms with Crippen LogP contribution < -0.4 is 0 Å². The van der Waals surface area contributed by atoms with Crippen LogP contribution in [-0.4, -0.2) is 55.2 Å². The molecule has 0 bridgehead atoms. The van der Waals surface area contributed by atoms with E-state index < -0.39 is 0 Å². The van der Waals surface area contributed by atoms with Crippen LogP contribution in [0.3, 0.4) is 0 Å². The lowest BCUT2D eigenvalue weighted by atomic mass is 9.94. The molecule has 1 atom stereocenters. The van der Waals surface area contributed by atoms with Gasteiger partial charge in [0.25, 0.3) is 0 Å². The van der Waals surface area contributed by atoms with Crippen LogP contribution in [0.25, 0.3) is 0 Å². The van der Waals surface area contributed by atoms with Gasteiger partial charge in [-0.25, -0.2) is 4.79 Å². The molecule has 1 saturated heterocycles. The highest BCUT2D eigenvalue weighted by Gasteiger charge is 2.23. The quantitative estimate of drug-likeness (QED) is 0.721. The van der Waals surface area contributed by atoms with Gasteiger partial charge in [-0.1, -0.05) is 12.2 Å². The Morgan fingerprint density at radius 1 is 1.28 bits per heavy atom. The summed E-state index contributed by atoms with van der Waals surface area (Å²) in [4.78, 5) is 15.9. The first-order valence-corrected chi connectivity index (χ1v) is 7.08. The Morgan fingerprint density at radius 2 is 2.06 bits per heavy atom. The number of ether oxygens (including phenoxy) is 1. The Kier molecular flexibility index (Phi) is 5.05. The Balaban J connectivity index is 1.69. The molecular weight excluding hydrogens is 228 g/mol. The van der Waals surface area contributed by atoms with Crippen molar-refractivity contribution >= 4 is 6.09 Å². The van der Waals surface area contributed by atoms with Gasteiger partial charge >= 0.3 is 6.09 Å². The number of hydrogen-bond donors (Lipinski definition) is 0. The van der Waals surface area contributed by atoms with Crippen LogP contribution in [0, 0.1) is 5.92 Å². The van der Waals surface area contributed by atoms with Gasteiger partial charge in [-0.2, -0.15) is 0 Å². The van der Waals surface area contributed by atoms with Gasteiger partial charge in [-0.3, -0.25) is 4.90 Å². The van der Waals surface area contributed by atoms with Crippen LogP contribution in [0.4, 0.5) is 4.79 Å². The first-order chi connectivity index (χ1) is 8.79. The molecule has 0 radical (unpaired) electrons. The second-order valence-electron chi connectivity index (χ2n) is 5.14. The number of hydrogen-bond acceptors (Lipinski definition) is 3. The number of rotatable bonds is 3. The molecule has 1 aliphatic heterocycles. The molecule has 2 aliphatic rings. The van der Waals surface area contributed by atoms with Crippen molar-refractivity contribution in [1.29, 1.82) is 0 Å². The van der Waals surface area contributed by atoms with E-state index in [4.69, 9.17) is 4.74 Å². The second kappa shape index (κ2) is 6.78. The second-order valence-corrected chi connectivity index (χ2v) is 5.14. The maximum atomic E-state index is 11.6. The zero-order chi connectivity index (χ0) is 12.8. The predicted molar refractivity (Wildman–Crippen MR) is 71.5 cm³/mol. The Morgan fingerprint density at radius 3 is 2.67 bits per heavy atom. The largest absolute Gasteiger partial charge is 0.450 e. The lowest BCUT2D eigenvalue weighted by Crippen LogP contribution is -2.49. The van der Waals surface area contributed by atoms with E-state index in [0.29, 0.717) is 6.61 Å². The van der Waals surface area contributed by atoms with E-state index in [1.165, 1.54) is 25.8 Å². The summed E-state index contributed by atoms with van der Waals surface area (Å²) in [6.45, 7) is 7.08. The van der Waals surface area contributed by atoms with Crippen LogP contribution >= 0.6 is 0 Å². The number of carbonyl (C=O) groups is 1. The van der Waals surface area contributed by atoms with Crippen molar-refractivity contribution < 1.29 is 9.53 Å². The van der Waals surface area contributed by atoms with Gasteiger partial charge in [0.1, 0.15) is 0 Å². The zero-order valence-corrected chi connectivity index (χ0v) is 11.3. The van der Waals surface area contributed by atoms with Gasteiger partial charge in [-0.15, -0.1) is 0 Å². The molecule has 1 heterocycles. The van der Waals surface area contributed by atoms with Crippen molar-refractivity contribution in [2.75, 3.05) is 39.3 Å². The van der Waals surface area contributed by atoms with Gasteiger partial charge in [0.15, 0.2) is 0 Å². The van der Waals surface area contributed by atoms with Crippen LogP contribution in [0.5, 0.6) is 0 Å². The van der Waals surface area contributed by atoms with Crippen LogP contribution in [0.15, 0.2) is 12.2 Å². The summed E-state index contributed by atoms with van der Waals surface area (Å²) in [6, 6.07) is 0. The maximum Gasteiger partial charge on any atom is 0.409 e. The van der Waals surface area contributed by atoms with Gasteiger partial charge < -0.3 is 9.64 Å². The number of carbonyl (C=O) groups excluding carboxylic acids is 1. The molecule has 2 rings (SSSR count). The molecule has 0 spiro atoms. The first-order valence-electron chi connectivity index (χ1n) is 7.08. The van der Waals surface area contributed by atoms with E-state index in [1.807, 2.05) is 11.8 Å². The molecule has 4 heteroatoms. The number of allylic oxidation sites excluding steroid dienone is 2. The molecule has 0 aromatic carbocycles. The van der Waals surface area contributed by atoms with Crippen LogP contribution in [-0.2, 0) is 4.74 Å². The summed E-state index contributed by atoms with van der Waals surface area (Å²) >= 11 is 0. The third-order valence-corrected chi connectivity index (χ3v) is 3.79. The van der Waals surface area contributed by atoms with Crippen molar-refractivity contribution in [1.82, 2.24) is 9.80 Å². The Hall–Kier alpha value is -1.03. The smallest absolute Gasteiger partial charge is 0.409 e. The minimum absolute atomic E-state index is 0.155. The van der Waals surface area contributed by atoms with Crippen molar-refractivity contribution in [3.63, 3.8) is 0 Å². The van der Waals surface area contributed by atoms with Gasteiger partial charge in [-0.05, 0) is 32.1 Å². The van der Waals surface area contributed by atoms with Gasteiger partial charge in [0.2, 0.25) is 0 Å². The van der Waals surface area contributed by atoms with Crippen molar-refractivity contribution in [2.45, 2.75) is 26.2 Å². The van der Waals surface area contributed by atoms with Crippen molar-refractivity contribution in [3.05, 3.63) is 12.2 Å². The summed E-state index contributed by atoms with van der Waals surface area (Å²) in [5.41, 5.74) is 0. The molecule has 1 amide bonds. The average Bonchev–Trinajstić information content (AvgIpc) is 2.41. The standard InChI is InChI=1S/C14H24N2O2/c1-2-18-14(17)16-10-8-15(9-11-16)12-13-6-4-3-5-7-13/h3-4,13H,2,5-12H2,1H3/t13-/m1/s1. The van der Waals surface area contributed by atoms with Crippen LogP contribution in [0.1, 0.15) is 26.2 Å². The Bertz CT molecular complexity index is 296. The highest BCUT2D eigenvalue weighted by atomic mass is 16.6. The fourth-order valence-corrected chi connectivity index (χ4v) is 2.72. The SMILES string of the molecule is CCOC(=O)N1CCN(C[C@@H]2CC=CCC2)CC1. The van der Waals surface area contributed by atoms with Gasteiger partial charge in [0.05, 0.1) is 6.61 Å². The molecule has 0 N–H and O–H groups in total. The lowest BCUT2D eigenvalue weighted by Gasteiger charge is -2.36. The summed E-state index contributed by atoms with van der Waals surface area (Å²) in [6.07, 6.45) is 8.20. The van der Waals surface area contributed by atoms with E-state index in [0.717, 1.165) is 32.1 Å². The van der Waals surface area contributed by atoms with E-state index in [2.05, 4.69) is 17.1 Å². The minimum Gasteiger partial charge on any atom is -0.450 e. The molecule has 1 aliphatic carbocycles. The summed E-state index contributed by atoms with van der Waals surface area (Å²) in [5, 5.41) is 0. The molecule has 0 unspecified atom stereocenters. The molecule has 0 saturated carbocycles. The molecular formula is C14H24N2O2. The molecule has 1 fully saturated rings. The Labute approximate surface area is 110 Å². The third-order valence-electron chi connectivity index (χ3n) is 3.79. The zero-order valence-electron chi connectivity index (χ0n) is 11.3. The minimum atomic E-state index is -0.155. The molecule has 4 nitrogen and oxygen atoms in total. The summed E-state index contributed by atoms with van der Waals surface area (Å²) in [7, 11) is 0. The summed E-state index contributed by atoms with van der Waals surface area (Å²) < 4.78 is 5.03. The highest BCUT2D eigenvalue weighted by Crippen LogP contribution is 2.19.